The second kappa shape index (κ2) is 9.57. The number of ether oxygens (including phenoxy) is 1. The minimum absolute atomic E-state index is 0.101. The number of likely N-dealkylation sites (N-methyl/N-ethyl adjacent to an activating group) is 1. The number of nitro benzene ring substituents is 1. The molecule has 0 aliphatic carbocycles. The zero-order valence-corrected chi connectivity index (χ0v) is 18.3. The fourth-order valence-electron chi connectivity index (χ4n) is 2.66. The predicted molar refractivity (Wildman–Crippen MR) is 108 cm³/mol. The summed E-state index contributed by atoms with van der Waals surface area (Å²) in [6, 6.07) is 5.77. The van der Waals surface area contributed by atoms with Crippen LogP contribution in [0.5, 0.6) is 5.75 Å². The first kappa shape index (κ1) is 25.1. The molecule has 1 atom stereocenters. The molecule has 0 aliphatic heterocycles. The summed E-state index contributed by atoms with van der Waals surface area (Å²) in [4.78, 5) is 10.8. The molecule has 170 valence electrons. The van der Waals surface area contributed by atoms with Gasteiger partial charge in [-0.2, -0.15) is 0 Å². The van der Waals surface area contributed by atoms with Crippen molar-refractivity contribution >= 4 is 38.9 Å². The Labute approximate surface area is 185 Å². The van der Waals surface area contributed by atoms with Gasteiger partial charge in [-0.15, -0.1) is 13.2 Å². The average Bonchev–Trinajstić information content (AvgIpc) is 2.61. The molecule has 2 aromatic rings. The van der Waals surface area contributed by atoms with Crippen molar-refractivity contribution in [2.45, 2.75) is 17.3 Å². The number of halogens is 5. The first-order valence-corrected chi connectivity index (χ1v) is 10.6. The molecule has 0 bridgehead atoms. The maximum absolute atomic E-state index is 13.0. The molecule has 0 heterocycles. The van der Waals surface area contributed by atoms with E-state index >= 15 is 0 Å². The Morgan fingerprint density at radius 3 is 2.35 bits per heavy atom. The molecule has 14 heteroatoms. The number of nitro groups is 1. The van der Waals surface area contributed by atoms with Crippen LogP contribution in [0, 0.1) is 10.1 Å². The van der Waals surface area contributed by atoms with Crippen LogP contribution in [0.3, 0.4) is 0 Å². The summed E-state index contributed by atoms with van der Waals surface area (Å²) in [6.45, 7) is 0.101. The Morgan fingerprint density at radius 2 is 1.84 bits per heavy atom. The van der Waals surface area contributed by atoms with Gasteiger partial charge in [-0.25, -0.2) is 13.1 Å². The van der Waals surface area contributed by atoms with Crippen LogP contribution in [0.1, 0.15) is 11.6 Å². The first-order chi connectivity index (χ1) is 14.2. The maximum atomic E-state index is 13.0. The van der Waals surface area contributed by atoms with Gasteiger partial charge >= 0.3 is 12.0 Å². The first-order valence-electron chi connectivity index (χ1n) is 8.36. The average molecular weight is 502 g/mol. The molecule has 31 heavy (non-hydrogen) atoms. The predicted octanol–water partition coefficient (Wildman–Crippen LogP) is 4.38. The van der Waals surface area contributed by atoms with Gasteiger partial charge in [0.15, 0.2) is 4.90 Å². The number of rotatable bonds is 8. The number of sulfonamides is 1. The summed E-state index contributed by atoms with van der Waals surface area (Å²) in [7, 11) is -1.37. The summed E-state index contributed by atoms with van der Waals surface area (Å²) < 4.78 is 69.7. The quantitative estimate of drug-likeness (QED) is 0.425. The van der Waals surface area contributed by atoms with Gasteiger partial charge in [-0.1, -0.05) is 35.3 Å². The number of benzene rings is 2. The van der Waals surface area contributed by atoms with Crippen LogP contribution in [0.25, 0.3) is 0 Å². The molecule has 0 fully saturated rings. The van der Waals surface area contributed by atoms with E-state index in [2.05, 4.69) is 9.46 Å². The van der Waals surface area contributed by atoms with E-state index in [1.807, 2.05) is 0 Å². The molecule has 0 spiro atoms. The van der Waals surface area contributed by atoms with E-state index < -0.39 is 43.7 Å². The molecule has 0 aromatic heterocycles. The summed E-state index contributed by atoms with van der Waals surface area (Å²) in [5, 5.41) is 11.8. The van der Waals surface area contributed by atoms with Gasteiger partial charge in [0.05, 0.1) is 21.0 Å². The zero-order chi connectivity index (χ0) is 23.6. The molecular formula is C17H16Cl2F3N3O5S. The fourth-order valence-corrected chi connectivity index (χ4v) is 4.37. The molecule has 1 N–H and O–H groups in total. The van der Waals surface area contributed by atoms with Gasteiger partial charge in [0, 0.05) is 6.54 Å². The van der Waals surface area contributed by atoms with Crippen LogP contribution in [0.2, 0.25) is 10.0 Å². The Kier molecular flexibility index (Phi) is 7.76. The van der Waals surface area contributed by atoms with Crippen molar-refractivity contribution in [2.75, 3.05) is 20.6 Å². The van der Waals surface area contributed by atoms with Crippen LogP contribution in [-0.4, -0.2) is 45.2 Å². The number of hydrogen-bond acceptors (Lipinski definition) is 6. The van der Waals surface area contributed by atoms with E-state index in [-0.39, 0.29) is 16.6 Å². The highest BCUT2D eigenvalue weighted by Crippen LogP contribution is 2.37. The van der Waals surface area contributed by atoms with Crippen molar-refractivity contribution in [3.05, 3.63) is 62.1 Å². The van der Waals surface area contributed by atoms with Gasteiger partial charge < -0.3 is 9.64 Å². The van der Waals surface area contributed by atoms with Crippen molar-refractivity contribution in [3.8, 4) is 5.75 Å². The van der Waals surface area contributed by atoms with Crippen LogP contribution in [0.15, 0.2) is 41.3 Å². The second-order valence-electron chi connectivity index (χ2n) is 6.52. The number of alkyl halides is 3. The molecule has 0 unspecified atom stereocenters. The third-order valence-electron chi connectivity index (χ3n) is 3.85. The highest BCUT2D eigenvalue weighted by atomic mass is 35.5. The van der Waals surface area contributed by atoms with Crippen molar-refractivity contribution in [1.82, 2.24) is 9.62 Å². The van der Waals surface area contributed by atoms with E-state index in [0.717, 1.165) is 12.1 Å². The Balaban J connectivity index is 2.54. The minimum Gasteiger partial charge on any atom is -0.398 e. The maximum Gasteiger partial charge on any atom is 0.573 e. The van der Waals surface area contributed by atoms with E-state index in [1.54, 1.807) is 19.0 Å². The highest BCUT2D eigenvalue weighted by Gasteiger charge is 2.38. The third kappa shape index (κ3) is 6.68. The van der Waals surface area contributed by atoms with Crippen LogP contribution >= 0.6 is 23.2 Å². The van der Waals surface area contributed by atoms with Crippen molar-refractivity contribution < 1.29 is 31.2 Å². The summed E-state index contributed by atoms with van der Waals surface area (Å²) >= 11 is 11.9. The molecule has 2 aromatic carbocycles. The molecule has 0 amide bonds. The lowest BCUT2D eigenvalue weighted by atomic mass is 10.1. The molecule has 0 saturated carbocycles. The van der Waals surface area contributed by atoms with E-state index in [9.17, 15) is 31.7 Å². The van der Waals surface area contributed by atoms with Gasteiger partial charge in [0.1, 0.15) is 0 Å². The Bertz CT molecular complexity index is 1080. The Morgan fingerprint density at radius 1 is 1.19 bits per heavy atom. The molecule has 8 nitrogen and oxygen atoms in total. The standard InChI is InChI=1S/C17H16Cl2F3N3O5S/c1-24(2)9-13(10-6-7-11(18)12(19)8-10)23-31(28,29)15-5-3-4-14(16(15)25(26)27)30-17(20,21)22/h3-8,13,23H,9H2,1-2H3/t13-/m0/s1. The van der Waals surface area contributed by atoms with Crippen molar-refractivity contribution in [1.29, 1.82) is 0 Å². The fraction of sp³-hybridized carbons (Fsp3) is 0.294. The lowest BCUT2D eigenvalue weighted by molar-refractivity contribution is -0.391. The van der Waals surface area contributed by atoms with Crippen LogP contribution in [0.4, 0.5) is 18.9 Å². The zero-order valence-electron chi connectivity index (χ0n) is 16.0. The summed E-state index contributed by atoms with van der Waals surface area (Å²) in [5.41, 5.74) is -0.956. The lowest BCUT2D eigenvalue weighted by Gasteiger charge is -2.23. The Hall–Kier alpha value is -2.12. The van der Waals surface area contributed by atoms with Crippen molar-refractivity contribution in [3.63, 3.8) is 0 Å². The largest absolute Gasteiger partial charge is 0.573 e. The second-order valence-corrected chi connectivity index (χ2v) is 9.01. The van der Waals surface area contributed by atoms with Gasteiger partial charge in [-0.3, -0.25) is 10.1 Å². The number of hydrogen-bond donors (Lipinski definition) is 1. The van der Waals surface area contributed by atoms with Gasteiger partial charge in [0.2, 0.25) is 15.8 Å². The molecule has 2 rings (SSSR count). The highest BCUT2D eigenvalue weighted by molar-refractivity contribution is 7.89. The summed E-state index contributed by atoms with van der Waals surface area (Å²) in [6.07, 6.45) is -5.26. The normalized spacial score (nSPS) is 13.3. The van der Waals surface area contributed by atoms with Crippen molar-refractivity contribution in [2.24, 2.45) is 0 Å². The smallest absolute Gasteiger partial charge is 0.398 e. The van der Waals surface area contributed by atoms with E-state index in [0.29, 0.717) is 11.6 Å². The van der Waals surface area contributed by atoms with E-state index in [1.165, 1.54) is 18.2 Å². The molecule has 0 saturated heterocycles. The lowest BCUT2D eigenvalue weighted by Crippen LogP contribution is -2.35. The number of nitrogens with zero attached hydrogens (tertiary/aromatic N) is 2. The summed E-state index contributed by atoms with van der Waals surface area (Å²) in [5.74, 6) is -1.25. The topological polar surface area (TPSA) is 102 Å². The van der Waals surface area contributed by atoms with Gasteiger partial charge in [0.25, 0.3) is 0 Å². The SMILES string of the molecule is CN(C)C[C@H](NS(=O)(=O)c1cccc(OC(F)(F)F)c1[N+](=O)[O-])c1ccc(Cl)c(Cl)c1. The van der Waals surface area contributed by atoms with Gasteiger partial charge in [-0.05, 0) is 43.9 Å². The molecular weight excluding hydrogens is 486 g/mol. The number of nitrogens with one attached hydrogen (secondary N) is 1. The van der Waals surface area contributed by atoms with Crippen LogP contribution in [-0.2, 0) is 10.0 Å². The van der Waals surface area contributed by atoms with E-state index in [4.69, 9.17) is 23.2 Å². The molecule has 0 aliphatic rings. The monoisotopic (exact) mass is 501 g/mol. The van der Waals surface area contributed by atoms with Crippen LogP contribution < -0.4 is 9.46 Å². The molecule has 0 radical (unpaired) electrons. The number of para-hydroxylation sites is 1. The third-order valence-corrected chi connectivity index (χ3v) is 6.09. The minimum atomic E-state index is -5.26.